The van der Waals surface area contributed by atoms with E-state index in [4.69, 9.17) is 0 Å². The molecule has 1 aliphatic rings. The lowest BCUT2D eigenvalue weighted by Crippen LogP contribution is -2.42. The monoisotopic (exact) mass is 202 g/mol. The number of hydrazine groups is 1. The molecule has 1 atom stereocenters. The third-order valence-electron chi connectivity index (χ3n) is 2.70. The quantitative estimate of drug-likeness (QED) is 0.595. The molecule has 0 radical (unpaired) electrons. The van der Waals surface area contributed by atoms with Crippen LogP contribution in [-0.2, 0) is 11.2 Å². The van der Waals surface area contributed by atoms with E-state index >= 15 is 0 Å². The minimum absolute atomic E-state index is 0.296. The van der Waals surface area contributed by atoms with Crippen LogP contribution in [0, 0.1) is 0 Å². The molecule has 1 N–H and O–H groups in total. The van der Waals surface area contributed by atoms with Gasteiger partial charge in [0.2, 0.25) is 6.41 Å². The SMILES string of the molecule is C=CCC1Cc2ccccc2N1NC=O. The Bertz CT molecular complexity index is 376. The molecule has 1 amide bonds. The van der Waals surface area contributed by atoms with Gasteiger partial charge in [-0.25, -0.2) is 0 Å². The van der Waals surface area contributed by atoms with E-state index < -0.39 is 0 Å². The summed E-state index contributed by atoms with van der Waals surface area (Å²) in [5.74, 6) is 0. The Hall–Kier alpha value is -1.77. The summed E-state index contributed by atoms with van der Waals surface area (Å²) < 4.78 is 0. The van der Waals surface area contributed by atoms with Gasteiger partial charge in [0.15, 0.2) is 0 Å². The Kier molecular flexibility index (Phi) is 2.72. The molecule has 0 bridgehead atoms. The van der Waals surface area contributed by atoms with E-state index in [-0.39, 0.29) is 0 Å². The van der Waals surface area contributed by atoms with Crippen LogP contribution in [0.4, 0.5) is 5.69 Å². The first kappa shape index (κ1) is 9.77. The number of anilines is 1. The standard InChI is InChI=1S/C12H14N2O/c1-2-5-11-8-10-6-3-4-7-12(10)14(11)13-9-15/h2-4,6-7,9,11H,1,5,8H2,(H,13,15). The Morgan fingerprint density at radius 1 is 1.53 bits per heavy atom. The van der Waals surface area contributed by atoms with Gasteiger partial charge in [-0.3, -0.25) is 15.2 Å². The second-order valence-electron chi connectivity index (χ2n) is 3.63. The molecule has 0 aromatic heterocycles. The van der Waals surface area contributed by atoms with Gasteiger partial charge in [-0.1, -0.05) is 24.3 Å². The van der Waals surface area contributed by atoms with Gasteiger partial charge >= 0.3 is 0 Å². The number of carbonyl (C=O) groups is 1. The van der Waals surface area contributed by atoms with E-state index in [0.717, 1.165) is 24.9 Å². The largest absolute Gasteiger partial charge is 0.282 e. The van der Waals surface area contributed by atoms with Gasteiger partial charge in [-0.15, -0.1) is 6.58 Å². The van der Waals surface area contributed by atoms with Crippen LogP contribution in [0.2, 0.25) is 0 Å². The van der Waals surface area contributed by atoms with Crippen molar-refractivity contribution in [2.24, 2.45) is 0 Å². The number of rotatable bonds is 4. The van der Waals surface area contributed by atoms with Gasteiger partial charge in [0.05, 0.1) is 11.7 Å². The minimum atomic E-state index is 0.296. The molecule has 15 heavy (non-hydrogen) atoms. The smallest absolute Gasteiger partial charge is 0.225 e. The number of carbonyl (C=O) groups excluding carboxylic acids is 1. The molecule has 1 aromatic rings. The number of para-hydroxylation sites is 1. The number of amides is 1. The number of benzene rings is 1. The molecule has 2 rings (SSSR count). The molecule has 1 heterocycles. The summed E-state index contributed by atoms with van der Waals surface area (Å²) in [6, 6.07) is 8.42. The fraction of sp³-hybridized carbons (Fsp3) is 0.250. The number of nitrogens with zero attached hydrogens (tertiary/aromatic N) is 1. The van der Waals surface area contributed by atoms with E-state index in [1.54, 1.807) is 0 Å². The van der Waals surface area contributed by atoms with Gasteiger partial charge in [0.1, 0.15) is 0 Å². The molecule has 0 spiro atoms. The highest BCUT2D eigenvalue weighted by atomic mass is 16.1. The average molecular weight is 202 g/mol. The van der Waals surface area contributed by atoms with Gasteiger partial charge in [0, 0.05) is 0 Å². The van der Waals surface area contributed by atoms with Crippen molar-refractivity contribution in [3.05, 3.63) is 42.5 Å². The number of fused-ring (bicyclic) bond motifs is 1. The van der Waals surface area contributed by atoms with Crippen molar-refractivity contribution in [1.29, 1.82) is 0 Å². The summed E-state index contributed by atoms with van der Waals surface area (Å²) in [4.78, 5) is 10.5. The molecule has 0 fully saturated rings. The third-order valence-corrected chi connectivity index (χ3v) is 2.70. The Morgan fingerprint density at radius 2 is 2.33 bits per heavy atom. The molecular weight excluding hydrogens is 188 g/mol. The average Bonchev–Trinajstić information content (AvgIpc) is 2.59. The minimum Gasteiger partial charge on any atom is -0.282 e. The summed E-state index contributed by atoms with van der Waals surface area (Å²) in [5.41, 5.74) is 5.11. The van der Waals surface area contributed by atoms with Crippen molar-refractivity contribution in [1.82, 2.24) is 5.43 Å². The maximum Gasteiger partial charge on any atom is 0.225 e. The zero-order chi connectivity index (χ0) is 10.7. The van der Waals surface area contributed by atoms with Crippen molar-refractivity contribution in [3.8, 4) is 0 Å². The maximum atomic E-state index is 10.5. The van der Waals surface area contributed by atoms with E-state index in [2.05, 4.69) is 18.1 Å². The van der Waals surface area contributed by atoms with Crippen molar-refractivity contribution in [2.45, 2.75) is 18.9 Å². The first-order chi connectivity index (χ1) is 7.36. The first-order valence-corrected chi connectivity index (χ1v) is 5.04. The fourth-order valence-electron chi connectivity index (χ4n) is 2.07. The van der Waals surface area contributed by atoms with Crippen molar-refractivity contribution in [3.63, 3.8) is 0 Å². The summed E-state index contributed by atoms with van der Waals surface area (Å²) in [6.45, 7) is 3.74. The highest BCUT2D eigenvalue weighted by Crippen LogP contribution is 2.31. The van der Waals surface area contributed by atoms with E-state index in [9.17, 15) is 4.79 Å². The lowest BCUT2D eigenvalue weighted by molar-refractivity contribution is -0.109. The predicted octanol–water partition coefficient (Wildman–Crippen LogP) is 1.65. The van der Waals surface area contributed by atoms with Gasteiger partial charge < -0.3 is 0 Å². The van der Waals surface area contributed by atoms with E-state index in [1.807, 2.05) is 29.3 Å². The van der Waals surface area contributed by atoms with Gasteiger partial charge in [-0.05, 0) is 24.5 Å². The van der Waals surface area contributed by atoms with Gasteiger partial charge in [0.25, 0.3) is 0 Å². The predicted molar refractivity (Wildman–Crippen MR) is 60.4 cm³/mol. The van der Waals surface area contributed by atoms with Crippen LogP contribution in [0.5, 0.6) is 0 Å². The molecule has 1 unspecified atom stereocenters. The zero-order valence-electron chi connectivity index (χ0n) is 8.52. The maximum absolute atomic E-state index is 10.5. The number of hydrogen-bond acceptors (Lipinski definition) is 2. The molecule has 0 saturated carbocycles. The zero-order valence-corrected chi connectivity index (χ0v) is 8.52. The second-order valence-corrected chi connectivity index (χ2v) is 3.63. The number of nitrogens with one attached hydrogen (secondary N) is 1. The van der Waals surface area contributed by atoms with Crippen LogP contribution < -0.4 is 10.4 Å². The fourth-order valence-corrected chi connectivity index (χ4v) is 2.07. The third kappa shape index (κ3) is 1.73. The van der Waals surface area contributed by atoms with Crippen molar-refractivity contribution < 1.29 is 4.79 Å². The summed E-state index contributed by atoms with van der Waals surface area (Å²) >= 11 is 0. The normalized spacial score (nSPS) is 18.4. The molecule has 1 aromatic carbocycles. The lowest BCUT2D eigenvalue weighted by atomic mass is 10.1. The molecule has 3 nitrogen and oxygen atoms in total. The molecule has 0 aliphatic carbocycles. The highest BCUT2D eigenvalue weighted by molar-refractivity contribution is 5.63. The Labute approximate surface area is 89.4 Å². The summed E-state index contributed by atoms with van der Waals surface area (Å²) in [7, 11) is 0. The van der Waals surface area contributed by atoms with E-state index in [1.165, 1.54) is 5.56 Å². The van der Waals surface area contributed by atoms with Crippen LogP contribution in [-0.4, -0.2) is 12.5 Å². The van der Waals surface area contributed by atoms with Crippen LogP contribution in [0.3, 0.4) is 0 Å². The van der Waals surface area contributed by atoms with Crippen LogP contribution in [0.25, 0.3) is 0 Å². The van der Waals surface area contributed by atoms with Gasteiger partial charge in [-0.2, -0.15) is 0 Å². The highest BCUT2D eigenvalue weighted by Gasteiger charge is 2.27. The van der Waals surface area contributed by atoms with Crippen LogP contribution in [0.15, 0.2) is 36.9 Å². The Balaban J connectivity index is 2.28. The first-order valence-electron chi connectivity index (χ1n) is 5.04. The summed E-state index contributed by atoms with van der Waals surface area (Å²) in [5, 5.41) is 1.92. The molecular formula is C12H14N2O. The lowest BCUT2D eigenvalue weighted by Gasteiger charge is -2.24. The van der Waals surface area contributed by atoms with Crippen molar-refractivity contribution >= 4 is 12.1 Å². The topological polar surface area (TPSA) is 32.3 Å². The van der Waals surface area contributed by atoms with E-state index in [0.29, 0.717) is 6.04 Å². The second kappa shape index (κ2) is 4.17. The summed E-state index contributed by atoms with van der Waals surface area (Å²) in [6.07, 6.45) is 4.44. The van der Waals surface area contributed by atoms with Crippen LogP contribution >= 0.6 is 0 Å². The number of hydrogen-bond donors (Lipinski definition) is 1. The Morgan fingerprint density at radius 3 is 3.07 bits per heavy atom. The van der Waals surface area contributed by atoms with Crippen LogP contribution in [0.1, 0.15) is 12.0 Å². The van der Waals surface area contributed by atoms with Crippen molar-refractivity contribution in [2.75, 3.05) is 5.01 Å². The molecule has 3 heteroatoms. The molecule has 0 saturated heterocycles. The molecule has 1 aliphatic heterocycles. The molecule has 78 valence electrons.